The number of nitrogens with zero attached hydrogens (tertiary/aromatic N) is 2. The third-order valence-electron chi connectivity index (χ3n) is 5.49. The van der Waals surface area contributed by atoms with Crippen LogP contribution in [0.5, 0.6) is 0 Å². The van der Waals surface area contributed by atoms with Crippen LogP contribution in [0.4, 0.5) is 0 Å². The van der Waals surface area contributed by atoms with Gasteiger partial charge in [-0.1, -0.05) is 82.2 Å². The van der Waals surface area contributed by atoms with Gasteiger partial charge in [0.2, 0.25) is 0 Å². The smallest absolute Gasteiger partial charge is 0.199 e. The lowest BCUT2D eigenvalue weighted by Crippen LogP contribution is -2.04. The van der Waals surface area contributed by atoms with Crippen LogP contribution in [0.15, 0.2) is 42.5 Å². The van der Waals surface area contributed by atoms with Crippen molar-refractivity contribution in [3.8, 4) is 5.69 Å². The molecule has 2 aromatic rings. The molecule has 0 spiro atoms. The number of para-hydroxylation sites is 1. The molecule has 0 fully saturated rings. The molecule has 1 unspecified atom stereocenters. The van der Waals surface area contributed by atoms with Crippen LogP contribution in [-0.4, -0.2) is 26.0 Å². The number of aryl methyl sites for hydroxylation is 1. The minimum atomic E-state index is -0.158. The molecule has 0 aliphatic heterocycles. The first kappa shape index (κ1) is 24.5. The topological polar surface area (TPSA) is 53.8 Å². The van der Waals surface area contributed by atoms with E-state index in [0.29, 0.717) is 4.77 Å². The van der Waals surface area contributed by atoms with E-state index in [2.05, 4.69) is 41.4 Å². The van der Waals surface area contributed by atoms with Gasteiger partial charge in [-0.15, -0.1) is 0 Å². The number of rotatable bonds is 16. The van der Waals surface area contributed by atoms with E-state index in [0.717, 1.165) is 50.0 Å². The van der Waals surface area contributed by atoms with Crippen molar-refractivity contribution >= 4 is 12.2 Å². The van der Waals surface area contributed by atoms with Gasteiger partial charge in [-0.2, -0.15) is 5.10 Å². The SMILES string of the molecule is CCCCCCC(O)C/C=C\CCCCCCCc1n[nH]c(=S)n1-c1ccccc1. The Balaban J connectivity index is 1.53. The molecule has 4 nitrogen and oxygen atoms in total. The highest BCUT2D eigenvalue weighted by Gasteiger charge is 2.07. The van der Waals surface area contributed by atoms with Gasteiger partial charge >= 0.3 is 0 Å². The summed E-state index contributed by atoms with van der Waals surface area (Å²) in [6.07, 6.45) is 19.1. The Labute approximate surface area is 187 Å². The molecule has 1 aromatic heterocycles. The van der Waals surface area contributed by atoms with E-state index < -0.39 is 0 Å². The van der Waals surface area contributed by atoms with Crippen LogP contribution in [0.2, 0.25) is 0 Å². The number of hydrogen-bond acceptors (Lipinski definition) is 3. The first-order chi connectivity index (χ1) is 14.7. The quantitative estimate of drug-likeness (QED) is 0.170. The highest BCUT2D eigenvalue weighted by molar-refractivity contribution is 7.71. The fourth-order valence-corrected chi connectivity index (χ4v) is 3.97. The zero-order valence-corrected chi connectivity index (χ0v) is 19.4. The normalized spacial score (nSPS) is 12.6. The largest absolute Gasteiger partial charge is 0.393 e. The lowest BCUT2D eigenvalue weighted by Gasteiger charge is -2.07. The molecule has 1 aromatic carbocycles. The molecular formula is C25H39N3OS. The maximum Gasteiger partial charge on any atom is 0.199 e. The van der Waals surface area contributed by atoms with Gasteiger partial charge in [-0.3, -0.25) is 9.67 Å². The molecule has 166 valence electrons. The average molecular weight is 430 g/mol. The Morgan fingerprint density at radius 3 is 2.53 bits per heavy atom. The summed E-state index contributed by atoms with van der Waals surface area (Å²) in [4.78, 5) is 0. The standard InChI is InChI=1S/C25H39N3OS/c1-2-3-4-14-19-23(29)20-15-9-7-5-6-8-10-16-21-24-26-27-25(30)28(24)22-17-12-11-13-18-22/h9,11-13,15,17-18,23,29H,2-8,10,14,16,19-21H2,1H3,(H,27,30)/b15-9-. The van der Waals surface area contributed by atoms with E-state index >= 15 is 0 Å². The van der Waals surface area contributed by atoms with Crippen LogP contribution in [0.25, 0.3) is 5.69 Å². The molecule has 5 heteroatoms. The zero-order chi connectivity index (χ0) is 21.4. The van der Waals surface area contributed by atoms with Gasteiger partial charge in [-0.25, -0.2) is 0 Å². The zero-order valence-electron chi connectivity index (χ0n) is 18.6. The van der Waals surface area contributed by atoms with Crippen molar-refractivity contribution in [3.63, 3.8) is 0 Å². The Morgan fingerprint density at radius 1 is 1.00 bits per heavy atom. The minimum Gasteiger partial charge on any atom is -0.393 e. The number of benzene rings is 1. The van der Waals surface area contributed by atoms with Crippen LogP contribution in [0.1, 0.15) is 89.8 Å². The highest BCUT2D eigenvalue weighted by atomic mass is 32.1. The lowest BCUT2D eigenvalue weighted by molar-refractivity contribution is 0.163. The summed E-state index contributed by atoms with van der Waals surface area (Å²) < 4.78 is 2.70. The maximum absolute atomic E-state index is 9.97. The molecule has 0 saturated carbocycles. The van der Waals surface area contributed by atoms with E-state index in [-0.39, 0.29) is 6.10 Å². The number of allylic oxidation sites excluding steroid dienone is 1. The van der Waals surface area contributed by atoms with Crippen molar-refractivity contribution in [2.24, 2.45) is 0 Å². The van der Waals surface area contributed by atoms with Gasteiger partial charge in [0.05, 0.1) is 6.10 Å². The Morgan fingerprint density at radius 2 is 1.73 bits per heavy atom. The predicted molar refractivity (Wildman–Crippen MR) is 129 cm³/mol. The molecule has 0 aliphatic carbocycles. The van der Waals surface area contributed by atoms with Crippen LogP contribution in [0.3, 0.4) is 0 Å². The molecule has 30 heavy (non-hydrogen) atoms. The van der Waals surface area contributed by atoms with E-state index in [9.17, 15) is 5.11 Å². The molecule has 2 N–H and O–H groups in total. The number of nitrogens with one attached hydrogen (secondary N) is 1. The Hall–Kier alpha value is -1.72. The summed E-state index contributed by atoms with van der Waals surface area (Å²) >= 11 is 5.40. The van der Waals surface area contributed by atoms with Gasteiger partial charge in [0.25, 0.3) is 0 Å². The van der Waals surface area contributed by atoms with Crippen molar-refractivity contribution in [2.75, 3.05) is 0 Å². The molecule has 0 amide bonds. The second kappa shape index (κ2) is 15.1. The van der Waals surface area contributed by atoms with Crippen molar-refractivity contribution < 1.29 is 5.11 Å². The number of aliphatic hydroxyl groups excluding tert-OH is 1. The second-order valence-corrected chi connectivity index (χ2v) is 8.52. The minimum absolute atomic E-state index is 0.158. The fourth-order valence-electron chi connectivity index (χ4n) is 3.71. The number of aromatic amines is 1. The average Bonchev–Trinajstić information content (AvgIpc) is 3.13. The summed E-state index contributed by atoms with van der Waals surface area (Å²) in [7, 11) is 0. The van der Waals surface area contributed by atoms with Gasteiger partial charge in [0.1, 0.15) is 5.82 Å². The fraction of sp³-hybridized carbons (Fsp3) is 0.600. The van der Waals surface area contributed by atoms with Crippen LogP contribution < -0.4 is 0 Å². The summed E-state index contributed by atoms with van der Waals surface area (Å²) in [5, 5.41) is 17.3. The molecule has 0 radical (unpaired) electrons. The first-order valence-electron chi connectivity index (χ1n) is 11.8. The molecule has 0 bridgehead atoms. The van der Waals surface area contributed by atoms with Gasteiger partial charge < -0.3 is 5.11 Å². The van der Waals surface area contributed by atoms with Crippen molar-refractivity contribution in [1.82, 2.24) is 14.8 Å². The molecule has 1 heterocycles. The van der Waals surface area contributed by atoms with E-state index in [1.807, 2.05) is 22.8 Å². The third-order valence-corrected chi connectivity index (χ3v) is 5.77. The third kappa shape index (κ3) is 9.40. The van der Waals surface area contributed by atoms with Crippen molar-refractivity contribution in [3.05, 3.63) is 53.1 Å². The Kier molecular flexibility index (Phi) is 12.4. The summed E-state index contributed by atoms with van der Waals surface area (Å²) in [5.74, 6) is 1.02. The number of aliphatic hydroxyl groups is 1. The van der Waals surface area contributed by atoms with Crippen LogP contribution in [0, 0.1) is 4.77 Å². The molecular weight excluding hydrogens is 390 g/mol. The van der Waals surface area contributed by atoms with Gasteiger partial charge in [0, 0.05) is 12.1 Å². The monoisotopic (exact) mass is 429 g/mol. The molecule has 0 saturated heterocycles. The Bertz CT molecular complexity index is 766. The van der Waals surface area contributed by atoms with E-state index in [1.165, 1.54) is 44.9 Å². The van der Waals surface area contributed by atoms with Crippen molar-refractivity contribution in [1.29, 1.82) is 0 Å². The highest BCUT2D eigenvalue weighted by Crippen LogP contribution is 2.14. The number of aromatic nitrogens is 3. The lowest BCUT2D eigenvalue weighted by atomic mass is 10.1. The number of unbranched alkanes of at least 4 members (excludes halogenated alkanes) is 8. The summed E-state index contributed by atoms with van der Waals surface area (Å²) in [6.45, 7) is 2.22. The summed E-state index contributed by atoms with van der Waals surface area (Å²) in [5.41, 5.74) is 1.07. The van der Waals surface area contributed by atoms with Crippen LogP contribution in [-0.2, 0) is 6.42 Å². The van der Waals surface area contributed by atoms with Crippen LogP contribution >= 0.6 is 12.2 Å². The maximum atomic E-state index is 9.97. The van der Waals surface area contributed by atoms with Gasteiger partial charge in [-0.05, 0) is 56.5 Å². The number of H-pyrrole nitrogens is 1. The second-order valence-electron chi connectivity index (χ2n) is 8.13. The van der Waals surface area contributed by atoms with E-state index in [4.69, 9.17) is 12.2 Å². The molecule has 1 atom stereocenters. The first-order valence-corrected chi connectivity index (χ1v) is 12.2. The molecule has 2 rings (SSSR count). The predicted octanol–water partition coefficient (Wildman–Crippen LogP) is 7.09. The number of hydrogen-bond donors (Lipinski definition) is 2. The molecule has 0 aliphatic rings. The summed E-state index contributed by atoms with van der Waals surface area (Å²) in [6, 6.07) is 10.2. The van der Waals surface area contributed by atoms with E-state index in [1.54, 1.807) is 0 Å². The van der Waals surface area contributed by atoms with Crippen molar-refractivity contribution in [2.45, 2.75) is 96.5 Å². The van der Waals surface area contributed by atoms with Gasteiger partial charge in [0.15, 0.2) is 4.77 Å².